The molecule has 0 radical (unpaired) electrons. The number of carbonyl (C=O) groups excluding carboxylic acids is 1. The minimum Gasteiger partial charge on any atom is -0.469 e. The molecule has 1 unspecified atom stereocenters. The van der Waals surface area contributed by atoms with Crippen molar-refractivity contribution in [3.63, 3.8) is 0 Å². The molecule has 0 aliphatic rings. The zero-order valence-electron chi connectivity index (χ0n) is 11.1. The van der Waals surface area contributed by atoms with E-state index in [-0.39, 0.29) is 11.9 Å². The predicted molar refractivity (Wildman–Crippen MR) is 79.1 cm³/mol. The van der Waals surface area contributed by atoms with Crippen molar-refractivity contribution in [1.82, 2.24) is 4.98 Å². The Labute approximate surface area is 117 Å². The average Bonchev–Trinajstić information content (AvgIpc) is 2.46. The van der Waals surface area contributed by atoms with Crippen LogP contribution in [0.4, 0.5) is 0 Å². The molecule has 100 valence electrons. The van der Waals surface area contributed by atoms with Crippen molar-refractivity contribution >= 4 is 28.6 Å². The maximum absolute atomic E-state index is 11.3. The van der Waals surface area contributed by atoms with Crippen molar-refractivity contribution in [2.75, 3.05) is 12.9 Å². The van der Waals surface area contributed by atoms with Gasteiger partial charge in [-0.1, -0.05) is 25.1 Å². The molecule has 1 atom stereocenters. The van der Waals surface area contributed by atoms with Crippen LogP contribution in [0.1, 0.15) is 12.5 Å². The molecule has 1 aromatic heterocycles. The number of esters is 1. The quantitative estimate of drug-likeness (QED) is 0.785. The van der Waals surface area contributed by atoms with E-state index in [0.29, 0.717) is 0 Å². The molecule has 0 amide bonds. The Bertz CT molecular complexity index is 566. The van der Waals surface area contributed by atoms with Crippen LogP contribution >= 0.6 is 11.8 Å². The minimum absolute atomic E-state index is 0.0666. The van der Waals surface area contributed by atoms with E-state index in [0.717, 1.165) is 17.0 Å². The SMILES string of the molecule is COC(=O)C(C)CSCc1ccnc2ccccc12. The molecule has 19 heavy (non-hydrogen) atoms. The fourth-order valence-electron chi connectivity index (χ4n) is 1.90. The maximum atomic E-state index is 11.3. The summed E-state index contributed by atoms with van der Waals surface area (Å²) in [4.78, 5) is 15.7. The normalized spacial score (nSPS) is 12.3. The lowest BCUT2D eigenvalue weighted by Crippen LogP contribution is -2.14. The molecule has 0 spiro atoms. The van der Waals surface area contributed by atoms with Gasteiger partial charge in [0.1, 0.15) is 0 Å². The van der Waals surface area contributed by atoms with Gasteiger partial charge in [-0.25, -0.2) is 0 Å². The van der Waals surface area contributed by atoms with E-state index >= 15 is 0 Å². The number of methoxy groups -OCH3 is 1. The lowest BCUT2D eigenvalue weighted by Gasteiger charge is -2.09. The molecule has 0 saturated heterocycles. The summed E-state index contributed by atoms with van der Waals surface area (Å²) in [5.74, 6) is 1.43. The van der Waals surface area contributed by atoms with Crippen LogP contribution in [0.3, 0.4) is 0 Å². The standard InChI is InChI=1S/C15H17NO2S/c1-11(15(17)18-2)9-19-10-12-7-8-16-14-6-4-3-5-13(12)14/h3-8,11H,9-10H2,1-2H3. The van der Waals surface area contributed by atoms with Gasteiger partial charge in [0.25, 0.3) is 0 Å². The zero-order valence-corrected chi connectivity index (χ0v) is 11.9. The first-order chi connectivity index (χ1) is 9.22. The lowest BCUT2D eigenvalue weighted by atomic mass is 10.1. The number of fused-ring (bicyclic) bond motifs is 1. The molecule has 0 fully saturated rings. The number of rotatable bonds is 5. The third-order valence-electron chi connectivity index (χ3n) is 2.97. The number of nitrogens with zero attached hydrogens (tertiary/aromatic N) is 1. The monoisotopic (exact) mass is 275 g/mol. The number of thioether (sulfide) groups is 1. The highest BCUT2D eigenvalue weighted by atomic mass is 32.2. The largest absolute Gasteiger partial charge is 0.469 e. The Morgan fingerprint density at radius 3 is 2.95 bits per heavy atom. The Balaban J connectivity index is 2.00. The first-order valence-electron chi connectivity index (χ1n) is 6.20. The van der Waals surface area contributed by atoms with Crippen molar-refractivity contribution in [1.29, 1.82) is 0 Å². The van der Waals surface area contributed by atoms with Crippen LogP contribution in [-0.4, -0.2) is 23.8 Å². The fraction of sp³-hybridized carbons (Fsp3) is 0.333. The molecule has 3 nitrogen and oxygen atoms in total. The summed E-state index contributed by atoms with van der Waals surface area (Å²) in [6.45, 7) is 1.89. The molecule has 2 rings (SSSR count). The van der Waals surface area contributed by atoms with Gasteiger partial charge in [0.2, 0.25) is 0 Å². The summed E-state index contributed by atoms with van der Waals surface area (Å²) in [5, 5.41) is 1.18. The Kier molecular flexibility index (Phi) is 4.80. The molecule has 0 saturated carbocycles. The molecular weight excluding hydrogens is 258 g/mol. The first-order valence-corrected chi connectivity index (χ1v) is 7.36. The maximum Gasteiger partial charge on any atom is 0.309 e. The van der Waals surface area contributed by atoms with Crippen LogP contribution < -0.4 is 0 Å². The third-order valence-corrected chi connectivity index (χ3v) is 4.22. The van der Waals surface area contributed by atoms with E-state index < -0.39 is 0 Å². The molecule has 2 aromatic rings. The van der Waals surface area contributed by atoms with Gasteiger partial charge in [-0.05, 0) is 17.7 Å². The van der Waals surface area contributed by atoms with E-state index in [2.05, 4.69) is 11.1 Å². The smallest absolute Gasteiger partial charge is 0.309 e. The Morgan fingerprint density at radius 2 is 2.16 bits per heavy atom. The summed E-state index contributed by atoms with van der Waals surface area (Å²) in [7, 11) is 1.43. The van der Waals surface area contributed by atoms with Crippen molar-refractivity contribution in [3.05, 3.63) is 42.1 Å². The molecule has 0 aliphatic heterocycles. The Morgan fingerprint density at radius 1 is 1.37 bits per heavy atom. The number of ether oxygens (including phenoxy) is 1. The summed E-state index contributed by atoms with van der Waals surface area (Å²) < 4.78 is 4.72. The molecule has 0 N–H and O–H groups in total. The van der Waals surface area contributed by atoms with Gasteiger partial charge >= 0.3 is 5.97 Å². The third kappa shape index (κ3) is 3.47. The van der Waals surface area contributed by atoms with Crippen LogP contribution in [0.5, 0.6) is 0 Å². The second-order valence-corrected chi connectivity index (χ2v) is 5.46. The summed E-state index contributed by atoms with van der Waals surface area (Å²) in [6.07, 6.45) is 1.84. The fourth-order valence-corrected chi connectivity index (χ4v) is 2.97. The number of para-hydroxylation sites is 1. The molecule has 0 aliphatic carbocycles. The number of hydrogen-bond acceptors (Lipinski definition) is 4. The molecule has 1 aromatic carbocycles. The van der Waals surface area contributed by atoms with Gasteiger partial charge in [0.15, 0.2) is 0 Å². The highest BCUT2D eigenvalue weighted by molar-refractivity contribution is 7.98. The van der Waals surface area contributed by atoms with Gasteiger partial charge < -0.3 is 4.74 Å². The van der Waals surface area contributed by atoms with Crippen molar-refractivity contribution in [2.45, 2.75) is 12.7 Å². The van der Waals surface area contributed by atoms with Crippen LogP contribution in [0.2, 0.25) is 0 Å². The van der Waals surface area contributed by atoms with Crippen molar-refractivity contribution in [2.24, 2.45) is 5.92 Å². The summed E-state index contributed by atoms with van der Waals surface area (Å²) in [6, 6.07) is 10.2. The first kappa shape index (κ1) is 13.9. The molecule has 0 bridgehead atoms. The van der Waals surface area contributed by atoms with E-state index in [1.807, 2.05) is 37.4 Å². The van der Waals surface area contributed by atoms with E-state index in [4.69, 9.17) is 4.74 Å². The van der Waals surface area contributed by atoms with Crippen LogP contribution in [-0.2, 0) is 15.3 Å². The topological polar surface area (TPSA) is 39.2 Å². The Hall–Kier alpha value is -1.55. The predicted octanol–water partition coefficient (Wildman–Crippen LogP) is 3.28. The van der Waals surface area contributed by atoms with Crippen LogP contribution in [0.15, 0.2) is 36.5 Å². The summed E-state index contributed by atoms with van der Waals surface area (Å²) in [5.41, 5.74) is 2.27. The molecule has 4 heteroatoms. The van der Waals surface area contributed by atoms with Gasteiger partial charge in [-0.3, -0.25) is 9.78 Å². The number of aromatic nitrogens is 1. The minimum atomic E-state index is -0.146. The van der Waals surface area contributed by atoms with Gasteiger partial charge in [-0.2, -0.15) is 11.8 Å². The molecular formula is C15H17NO2S. The average molecular weight is 275 g/mol. The van der Waals surface area contributed by atoms with Gasteiger partial charge in [0, 0.05) is 23.1 Å². The van der Waals surface area contributed by atoms with E-state index in [1.165, 1.54) is 18.1 Å². The van der Waals surface area contributed by atoms with Crippen molar-refractivity contribution in [3.8, 4) is 0 Å². The number of hydrogen-bond donors (Lipinski definition) is 0. The number of carbonyl (C=O) groups is 1. The van der Waals surface area contributed by atoms with E-state index in [9.17, 15) is 4.79 Å². The lowest BCUT2D eigenvalue weighted by molar-refractivity contribution is -0.143. The highest BCUT2D eigenvalue weighted by Crippen LogP contribution is 2.22. The summed E-state index contributed by atoms with van der Waals surface area (Å²) >= 11 is 1.74. The van der Waals surface area contributed by atoms with Crippen LogP contribution in [0, 0.1) is 5.92 Å². The second-order valence-electron chi connectivity index (χ2n) is 4.43. The van der Waals surface area contributed by atoms with Crippen LogP contribution in [0.25, 0.3) is 10.9 Å². The van der Waals surface area contributed by atoms with E-state index in [1.54, 1.807) is 11.8 Å². The van der Waals surface area contributed by atoms with Gasteiger partial charge in [-0.15, -0.1) is 0 Å². The number of pyridine rings is 1. The highest BCUT2D eigenvalue weighted by Gasteiger charge is 2.13. The zero-order chi connectivity index (χ0) is 13.7. The number of benzene rings is 1. The van der Waals surface area contributed by atoms with Gasteiger partial charge in [0.05, 0.1) is 18.5 Å². The molecule has 1 heterocycles. The second kappa shape index (κ2) is 6.57. The van der Waals surface area contributed by atoms with Crippen molar-refractivity contribution < 1.29 is 9.53 Å².